The first-order valence-electron chi connectivity index (χ1n) is 10.9. The summed E-state index contributed by atoms with van der Waals surface area (Å²) in [5.41, 5.74) is 5.26. The fraction of sp³-hybridized carbons (Fsp3) is 0.269. The number of hydrogen-bond donors (Lipinski definition) is 1. The van der Waals surface area contributed by atoms with E-state index in [-0.39, 0.29) is 17.0 Å². The van der Waals surface area contributed by atoms with Crippen molar-refractivity contribution >= 4 is 63.4 Å². The molecule has 0 bridgehead atoms. The molecule has 6 nitrogen and oxygen atoms in total. The number of nitrogens with one attached hydrogen (secondary N) is 1. The molecule has 2 heterocycles. The molecule has 4 rings (SSSR count). The van der Waals surface area contributed by atoms with Crippen molar-refractivity contribution < 1.29 is 14.4 Å². The van der Waals surface area contributed by atoms with Crippen molar-refractivity contribution in [2.75, 3.05) is 23.8 Å². The maximum Gasteiger partial charge on any atom is 0.294 e. The SMILES string of the molecule is CC1=CC(C)(C)N(C)c2cc(Cl)c(/C=C3/SC(=O)N(CC(=O)Nc4cccc(C)c4)C3=O)cc21. The molecule has 0 aromatic heterocycles. The van der Waals surface area contributed by atoms with Gasteiger partial charge < -0.3 is 10.2 Å². The van der Waals surface area contributed by atoms with E-state index < -0.39 is 17.1 Å². The lowest BCUT2D eigenvalue weighted by molar-refractivity contribution is -0.127. The lowest BCUT2D eigenvalue weighted by Gasteiger charge is -2.40. The molecular formula is C26H26ClN3O3S. The lowest BCUT2D eigenvalue weighted by Crippen LogP contribution is -2.42. The Balaban J connectivity index is 1.56. The summed E-state index contributed by atoms with van der Waals surface area (Å²) in [6.45, 7) is 7.87. The second-order valence-corrected chi connectivity index (χ2v) is 10.5. The van der Waals surface area contributed by atoms with Gasteiger partial charge in [-0.05, 0) is 86.5 Å². The molecule has 0 radical (unpaired) electrons. The van der Waals surface area contributed by atoms with E-state index >= 15 is 0 Å². The standard InChI is InChI=1S/C26H26ClN3O3S/c1-15-7-6-8-18(9-15)28-23(31)14-30-24(32)22(34-25(30)33)11-17-10-19-16(2)13-26(3,4)29(5)21(19)12-20(17)27/h6-13H,14H2,1-5H3,(H,28,31)/b22-11+. The van der Waals surface area contributed by atoms with E-state index in [0.29, 0.717) is 16.3 Å². The number of carbonyl (C=O) groups is 3. The van der Waals surface area contributed by atoms with Gasteiger partial charge in [-0.1, -0.05) is 29.8 Å². The number of imide groups is 1. The first-order valence-corrected chi connectivity index (χ1v) is 12.0. The number of fused-ring (bicyclic) bond motifs is 1. The number of carbonyl (C=O) groups excluding carboxylic acids is 3. The highest BCUT2D eigenvalue weighted by Gasteiger charge is 2.37. The minimum Gasteiger partial charge on any atom is -0.365 e. The van der Waals surface area contributed by atoms with Gasteiger partial charge in [-0.15, -0.1) is 0 Å². The molecule has 176 valence electrons. The number of halogens is 1. The van der Waals surface area contributed by atoms with Gasteiger partial charge in [0.25, 0.3) is 11.1 Å². The van der Waals surface area contributed by atoms with Gasteiger partial charge in [-0.3, -0.25) is 19.3 Å². The summed E-state index contributed by atoms with van der Waals surface area (Å²) in [4.78, 5) is 41.2. The Morgan fingerprint density at radius 1 is 1.18 bits per heavy atom. The van der Waals surface area contributed by atoms with E-state index in [1.165, 1.54) is 0 Å². The minimum absolute atomic E-state index is 0.149. The Morgan fingerprint density at radius 2 is 1.91 bits per heavy atom. The van der Waals surface area contributed by atoms with Gasteiger partial charge in [-0.25, -0.2) is 0 Å². The van der Waals surface area contributed by atoms with E-state index in [1.807, 2.05) is 51.2 Å². The summed E-state index contributed by atoms with van der Waals surface area (Å²) in [6, 6.07) is 11.1. The third-order valence-corrected chi connectivity index (χ3v) is 7.33. The maximum absolute atomic E-state index is 12.9. The van der Waals surface area contributed by atoms with Gasteiger partial charge in [0.05, 0.1) is 10.4 Å². The van der Waals surface area contributed by atoms with E-state index in [4.69, 9.17) is 11.6 Å². The number of likely N-dealkylation sites (N-methyl/N-ethyl adjacent to an activating group) is 1. The van der Waals surface area contributed by atoms with Gasteiger partial charge >= 0.3 is 0 Å². The lowest BCUT2D eigenvalue weighted by atomic mass is 9.88. The Hall–Kier alpha value is -3.03. The van der Waals surface area contributed by atoms with E-state index in [1.54, 1.807) is 12.1 Å². The fourth-order valence-electron chi connectivity index (χ4n) is 4.14. The number of anilines is 2. The van der Waals surface area contributed by atoms with Crippen LogP contribution in [0.2, 0.25) is 5.02 Å². The molecule has 2 aliphatic rings. The number of thioether (sulfide) groups is 1. The average Bonchev–Trinajstić information content (AvgIpc) is 3.00. The van der Waals surface area contributed by atoms with Crippen molar-refractivity contribution in [3.63, 3.8) is 0 Å². The average molecular weight is 496 g/mol. The minimum atomic E-state index is -0.506. The summed E-state index contributed by atoms with van der Waals surface area (Å²) in [6.07, 6.45) is 3.81. The van der Waals surface area contributed by atoms with Crippen LogP contribution >= 0.6 is 23.4 Å². The second kappa shape index (κ2) is 8.96. The number of nitrogens with zero attached hydrogens (tertiary/aromatic N) is 2. The van der Waals surface area contributed by atoms with Crippen LogP contribution in [0.25, 0.3) is 11.6 Å². The van der Waals surface area contributed by atoms with Crippen LogP contribution in [0.1, 0.15) is 37.5 Å². The molecule has 0 spiro atoms. The van der Waals surface area contributed by atoms with Crippen LogP contribution < -0.4 is 10.2 Å². The van der Waals surface area contributed by atoms with Crippen LogP contribution in [0.4, 0.5) is 16.2 Å². The fourth-order valence-corrected chi connectivity index (χ4v) is 5.18. The van der Waals surface area contributed by atoms with Gasteiger partial charge in [0.15, 0.2) is 0 Å². The molecule has 0 atom stereocenters. The molecule has 1 N–H and O–H groups in total. The Kier molecular flexibility index (Phi) is 6.36. The van der Waals surface area contributed by atoms with Crippen molar-refractivity contribution in [2.24, 2.45) is 0 Å². The quantitative estimate of drug-likeness (QED) is 0.530. The van der Waals surface area contributed by atoms with Crippen molar-refractivity contribution in [3.05, 3.63) is 69.1 Å². The van der Waals surface area contributed by atoms with Gasteiger partial charge in [0, 0.05) is 29.0 Å². The second-order valence-electron chi connectivity index (χ2n) is 9.12. The molecule has 2 aliphatic heterocycles. The van der Waals surface area contributed by atoms with Crippen molar-refractivity contribution in [1.82, 2.24) is 4.90 Å². The molecule has 0 unspecified atom stereocenters. The Bertz CT molecular complexity index is 1280. The summed E-state index contributed by atoms with van der Waals surface area (Å²) in [5, 5.41) is 2.73. The van der Waals surface area contributed by atoms with E-state index in [0.717, 1.165) is 39.0 Å². The maximum atomic E-state index is 12.9. The number of rotatable bonds is 4. The predicted molar refractivity (Wildman–Crippen MR) is 140 cm³/mol. The number of allylic oxidation sites excluding steroid dienone is 1. The highest BCUT2D eigenvalue weighted by Crippen LogP contribution is 2.42. The summed E-state index contributed by atoms with van der Waals surface area (Å²) in [5.74, 6) is -0.943. The molecule has 8 heteroatoms. The van der Waals surface area contributed by atoms with Crippen LogP contribution in [-0.4, -0.2) is 41.1 Å². The normalized spacial score (nSPS) is 18.3. The van der Waals surface area contributed by atoms with Crippen LogP contribution in [0, 0.1) is 6.92 Å². The zero-order chi connectivity index (χ0) is 24.8. The number of hydrogen-bond acceptors (Lipinski definition) is 5. The molecule has 0 saturated carbocycles. The third-order valence-electron chi connectivity index (χ3n) is 6.10. The van der Waals surface area contributed by atoms with E-state index in [9.17, 15) is 14.4 Å². The smallest absolute Gasteiger partial charge is 0.294 e. The van der Waals surface area contributed by atoms with Gasteiger partial charge in [-0.2, -0.15) is 0 Å². The predicted octanol–water partition coefficient (Wildman–Crippen LogP) is 5.96. The van der Waals surface area contributed by atoms with Gasteiger partial charge in [0.2, 0.25) is 5.91 Å². The zero-order valence-corrected chi connectivity index (χ0v) is 21.3. The first kappa shape index (κ1) is 24.1. The number of benzene rings is 2. The summed E-state index contributed by atoms with van der Waals surface area (Å²) in [7, 11) is 2.02. The van der Waals surface area contributed by atoms with Crippen molar-refractivity contribution in [2.45, 2.75) is 33.2 Å². The number of amides is 3. The monoisotopic (exact) mass is 495 g/mol. The molecule has 3 amide bonds. The molecule has 0 aliphatic carbocycles. The van der Waals surface area contributed by atoms with Crippen LogP contribution in [0.5, 0.6) is 0 Å². The largest absolute Gasteiger partial charge is 0.365 e. The summed E-state index contributed by atoms with van der Waals surface area (Å²) >= 11 is 7.39. The van der Waals surface area contributed by atoms with Gasteiger partial charge in [0.1, 0.15) is 6.54 Å². The highest BCUT2D eigenvalue weighted by molar-refractivity contribution is 8.18. The molecule has 34 heavy (non-hydrogen) atoms. The summed E-state index contributed by atoms with van der Waals surface area (Å²) < 4.78 is 0. The van der Waals surface area contributed by atoms with E-state index in [2.05, 4.69) is 30.1 Å². The molecule has 2 aromatic carbocycles. The molecule has 1 fully saturated rings. The van der Waals surface area contributed by atoms with Crippen LogP contribution in [0.15, 0.2) is 47.4 Å². The Morgan fingerprint density at radius 3 is 2.62 bits per heavy atom. The Labute approximate surface area is 208 Å². The molecule has 1 saturated heterocycles. The first-order chi connectivity index (χ1) is 16.0. The molecular weight excluding hydrogens is 470 g/mol. The highest BCUT2D eigenvalue weighted by atomic mass is 35.5. The third kappa shape index (κ3) is 4.63. The van der Waals surface area contributed by atoms with Crippen LogP contribution in [-0.2, 0) is 9.59 Å². The van der Waals surface area contributed by atoms with Crippen LogP contribution in [0.3, 0.4) is 0 Å². The molecule has 2 aromatic rings. The number of aryl methyl sites for hydroxylation is 1. The van der Waals surface area contributed by atoms with Crippen molar-refractivity contribution in [3.8, 4) is 0 Å². The topological polar surface area (TPSA) is 69.7 Å². The van der Waals surface area contributed by atoms with Crippen molar-refractivity contribution in [1.29, 1.82) is 0 Å². The zero-order valence-electron chi connectivity index (χ0n) is 19.7.